The number of aromatic nitrogens is 4. The maximum Gasteiger partial charge on any atom is 0.136 e. The van der Waals surface area contributed by atoms with Gasteiger partial charge in [0.2, 0.25) is 0 Å². The van der Waals surface area contributed by atoms with Crippen molar-refractivity contribution in [2.24, 2.45) is 0 Å². The van der Waals surface area contributed by atoms with E-state index in [0.29, 0.717) is 5.92 Å². The van der Waals surface area contributed by atoms with Crippen LogP contribution in [0.3, 0.4) is 0 Å². The van der Waals surface area contributed by atoms with Gasteiger partial charge in [0.15, 0.2) is 0 Å². The SMILES string of the molecule is Clc1ccc2cccnc2c1CN1CCC(c2nnc3n2CCC3)CC1. The van der Waals surface area contributed by atoms with Crippen molar-refractivity contribution >= 4 is 22.5 Å². The van der Waals surface area contributed by atoms with Crippen molar-refractivity contribution in [3.8, 4) is 0 Å². The molecule has 1 fully saturated rings. The van der Waals surface area contributed by atoms with E-state index in [1.54, 1.807) is 0 Å². The summed E-state index contributed by atoms with van der Waals surface area (Å²) in [5.41, 5.74) is 2.17. The average molecular weight is 368 g/mol. The number of rotatable bonds is 3. The van der Waals surface area contributed by atoms with Crippen LogP contribution in [0.2, 0.25) is 5.02 Å². The third-order valence-electron chi connectivity index (χ3n) is 5.79. The second-order valence-electron chi connectivity index (χ2n) is 7.38. The number of halogens is 1. The molecule has 0 bridgehead atoms. The van der Waals surface area contributed by atoms with Crippen LogP contribution in [0.15, 0.2) is 30.5 Å². The highest BCUT2D eigenvalue weighted by molar-refractivity contribution is 6.32. The second kappa shape index (κ2) is 6.63. The Hall–Kier alpha value is -1.98. The van der Waals surface area contributed by atoms with Crippen molar-refractivity contribution in [3.63, 3.8) is 0 Å². The predicted molar refractivity (Wildman–Crippen MR) is 102 cm³/mol. The summed E-state index contributed by atoms with van der Waals surface area (Å²) in [5.74, 6) is 2.92. The number of pyridine rings is 1. The van der Waals surface area contributed by atoms with Crippen molar-refractivity contribution in [1.82, 2.24) is 24.6 Å². The fourth-order valence-corrected chi connectivity index (χ4v) is 4.59. The molecule has 1 saturated heterocycles. The molecule has 4 heterocycles. The third kappa shape index (κ3) is 2.79. The van der Waals surface area contributed by atoms with E-state index in [1.165, 1.54) is 18.1 Å². The highest BCUT2D eigenvalue weighted by Crippen LogP contribution is 2.32. The summed E-state index contributed by atoms with van der Waals surface area (Å²) in [4.78, 5) is 7.06. The molecule has 0 spiro atoms. The van der Waals surface area contributed by atoms with E-state index < -0.39 is 0 Å². The first kappa shape index (κ1) is 16.2. The molecule has 0 aliphatic carbocycles. The van der Waals surface area contributed by atoms with E-state index in [0.717, 1.165) is 66.9 Å². The first-order chi connectivity index (χ1) is 12.8. The second-order valence-corrected chi connectivity index (χ2v) is 7.79. The monoisotopic (exact) mass is 367 g/mol. The van der Waals surface area contributed by atoms with Gasteiger partial charge in [0.25, 0.3) is 0 Å². The number of fused-ring (bicyclic) bond motifs is 2. The molecule has 134 valence electrons. The molecule has 3 aromatic rings. The van der Waals surface area contributed by atoms with Crippen molar-refractivity contribution in [2.45, 2.75) is 44.7 Å². The van der Waals surface area contributed by atoms with Crippen LogP contribution in [0, 0.1) is 0 Å². The number of likely N-dealkylation sites (tertiary alicyclic amines) is 1. The molecular formula is C20H22ClN5. The zero-order valence-corrected chi connectivity index (χ0v) is 15.5. The van der Waals surface area contributed by atoms with Crippen LogP contribution in [0.25, 0.3) is 10.9 Å². The van der Waals surface area contributed by atoms with E-state index in [4.69, 9.17) is 11.6 Å². The molecule has 1 aromatic carbocycles. The summed E-state index contributed by atoms with van der Waals surface area (Å²) in [5, 5.41) is 10.8. The zero-order valence-electron chi connectivity index (χ0n) is 14.7. The number of nitrogens with zero attached hydrogens (tertiary/aromatic N) is 5. The van der Waals surface area contributed by atoms with Crippen molar-refractivity contribution in [1.29, 1.82) is 0 Å². The van der Waals surface area contributed by atoms with Crippen LogP contribution < -0.4 is 0 Å². The molecule has 2 aromatic heterocycles. The Morgan fingerprint density at radius 2 is 1.96 bits per heavy atom. The molecule has 5 rings (SSSR count). The number of hydrogen-bond acceptors (Lipinski definition) is 4. The summed E-state index contributed by atoms with van der Waals surface area (Å²) in [6.45, 7) is 4.08. The molecule has 0 N–H and O–H groups in total. The minimum atomic E-state index is 0.534. The predicted octanol–water partition coefficient (Wildman–Crippen LogP) is 3.81. The van der Waals surface area contributed by atoms with Gasteiger partial charge in [-0.25, -0.2) is 0 Å². The minimum absolute atomic E-state index is 0.534. The lowest BCUT2D eigenvalue weighted by molar-refractivity contribution is 0.200. The largest absolute Gasteiger partial charge is 0.315 e. The Balaban J connectivity index is 1.31. The van der Waals surface area contributed by atoms with Crippen LogP contribution in [-0.2, 0) is 19.5 Å². The molecule has 2 aliphatic heterocycles. The Morgan fingerprint density at radius 3 is 2.85 bits per heavy atom. The Kier molecular flexibility index (Phi) is 4.14. The standard InChI is InChI=1S/C20H22ClN5/c21-17-6-5-14-3-1-9-22-19(14)16(17)13-25-11-7-15(8-12-25)20-24-23-18-4-2-10-26(18)20/h1,3,5-6,9,15H,2,4,7-8,10-13H2. The molecule has 6 heteroatoms. The van der Waals surface area contributed by atoms with E-state index >= 15 is 0 Å². The van der Waals surface area contributed by atoms with Gasteiger partial charge in [-0.3, -0.25) is 9.88 Å². The maximum atomic E-state index is 6.51. The van der Waals surface area contributed by atoms with E-state index in [1.807, 2.05) is 24.4 Å². The number of benzene rings is 1. The highest BCUT2D eigenvalue weighted by Gasteiger charge is 2.28. The fraction of sp³-hybridized carbons (Fsp3) is 0.450. The quantitative estimate of drug-likeness (QED) is 0.706. The number of aryl methyl sites for hydroxylation is 1. The van der Waals surface area contributed by atoms with Crippen LogP contribution >= 0.6 is 11.6 Å². The maximum absolute atomic E-state index is 6.51. The van der Waals surface area contributed by atoms with Gasteiger partial charge < -0.3 is 4.57 Å². The number of hydrogen-bond donors (Lipinski definition) is 0. The van der Waals surface area contributed by atoms with E-state index in [9.17, 15) is 0 Å². The topological polar surface area (TPSA) is 46.8 Å². The molecule has 5 nitrogen and oxygen atoms in total. The lowest BCUT2D eigenvalue weighted by Gasteiger charge is -2.31. The lowest BCUT2D eigenvalue weighted by atomic mass is 9.95. The summed E-state index contributed by atoms with van der Waals surface area (Å²) in [7, 11) is 0. The van der Waals surface area contributed by atoms with Crippen LogP contribution in [0.4, 0.5) is 0 Å². The van der Waals surface area contributed by atoms with Gasteiger partial charge in [-0.2, -0.15) is 0 Å². The molecular weight excluding hydrogens is 346 g/mol. The molecule has 2 aliphatic rings. The van der Waals surface area contributed by atoms with Gasteiger partial charge >= 0.3 is 0 Å². The van der Waals surface area contributed by atoms with Gasteiger partial charge in [0.1, 0.15) is 11.6 Å². The molecule has 0 unspecified atom stereocenters. The molecule has 0 atom stereocenters. The van der Waals surface area contributed by atoms with Gasteiger partial charge in [-0.15, -0.1) is 10.2 Å². The summed E-state index contributed by atoms with van der Waals surface area (Å²) >= 11 is 6.51. The zero-order chi connectivity index (χ0) is 17.5. The average Bonchev–Trinajstić information content (AvgIpc) is 3.29. The van der Waals surface area contributed by atoms with Crippen molar-refractivity contribution in [2.75, 3.05) is 13.1 Å². The first-order valence-corrected chi connectivity index (χ1v) is 9.84. The first-order valence-electron chi connectivity index (χ1n) is 9.46. The van der Waals surface area contributed by atoms with Crippen LogP contribution in [0.5, 0.6) is 0 Å². The van der Waals surface area contributed by atoms with Gasteiger partial charge in [0.05, 0.1) is 5.52 Å². The van der Waals surface area contributed by atoms with Crippen molar-refractivity contribution < 1.29 is 0 Å². The molecule has 26 heavy (non-hydrogen) atoms. The highest BCUT2D eigenvalue weighted by atomic mass is 35.5. The third-order valence-corrected chi connectivity index (χ3v) is 6.15. The molecule has 0 radical (unpaired) electrons. The van der Waals surface area contributed by atoms with Gasteiger partial charge in [0, 0.05) is 47.6 Å². The van der Waals surface area contributed by atoms with Crippen molar-refractivity contribution in [3.05, 3.63) is 52.7 Å². The summed E-state index contributed by atoms with van der Waals surface area (Å²) in [6, 6.07) is 8.11. The lowest BCUT2D eigenvalue weighted by Crippen LogP contribution is -2.33. The Bertz CT molecular complexity index is 943. The number of piperidine rings is 1. The summed E-state index contributed by atoms with van der Waals surface area (Å²) < 4.78 is 2.35. The van der Waals surface area contributed by atoms with Gasteiger partial charge in [-0.1, -0.05) is 23.7 Å². The van der Waals surface area contributed by atoms with E-state index in [2.05, 4.69) is 30.7 Å². The van der Waals surface area contributed by atoms with Gasteiger partial charge in [-0.05, 0) is 44.5 Å². The molecule has 0 amide bonds. The Morgan fingerprint density at radius 1 is 1.08 bits per heavy atom. The summed E-state index contributed by atoms with van der Waals surface area (Å²) in [6.07, 6.45) is 6.41. The van der Waals surface area contributed by atoms with Crippen LogP contribution in [0.1, 0.15) is 42.4 Å². The normalized spacial score (nSPS) is 18.5. The minimum Gasteiger partial charge on any atom is -0.315 e. The van der Waals surface area contributed by atoms with Crippen LogP contribution in [-0.4, -0.2) is 37.7 Å². The fourth-order valence-electron chi connectivity index (χ4n) is 4.38. The smallest absolute Gasteiger partial charge is 0.136 e. The Labute approximate surface area is 158 Å². The molecule has 0 saturated carbocycles. The van der Waals surface area contributed by atoms with E-state index in [-0.39, 0.29) is 0 Å².